The van der Waals surface area contributed by atoms with Crippen molar-refractivity contribution in [2.45, 2.75) is 55.6 Å². The average Bonchev–Trinajstić information content (AvgIpc) is 2.73. The molecular formula is C20H27F3N2O4S. The summed E-state index contributed by atoms with van der Waals surface area (Å²) >= 11 is 0. The van der Waals surface area contributed by atoms with E-state index in [0.717, 1.165) is 0 Å². The predicted molar refractivity (Wildman–Crippen MR) is 104 cm³/mol. The molecule has 1 aliphatic heterocycles. The Hall–Kier alpha value is -1.81. The van der Waals surface area contributed by atoms with Crippen LogP contribution >= 0.6 is 0 Å². The van der Waals surface area contributed by atoms with Crippen molar-refractivity contribution < 1.29 is 31.1 Å². The summed E-state index contributed by atoms with van der Waals surface area (Å²) in [5.41, 5.74) is 0. The zero-order valence-corrected chi connectivity index (χ0v) is 17.6. The molecule has 1 aromatic rings. The summed E-state index contributed by atoms with van der Waals surface area (Å²) in [4.78, 5) is 12.8. The molecule has 3 rings (SSSR count). The van der Waals surface area contributed by atoms with E-state index < -0.39 is 34.1 Å². The number of amides is 1. The van der Waals surface area contributed by atoms with Gasteiger partial charge in [-0.2, -0.15) is 17.5 Å². The molecule has 0 aromatic heterocycles. The number of rotatable bonds is 5. The van der Waals surface area contributed by atoms with Crippen LogP contribution in [-0.2, 0) is 14.8 Å². The number of hydrogen-bond donors (Lipinski definition) is 1. The van der Waals surface area contributed by atoms with E-state index in [2.05, 4.69) is 5.32 Å². The van der Waals surface area contributed by atoms with E-state index in [1.807, 2.05) is 0 Å². The quantitative estimate of drug-likeness (QED) is 0.750. The summed E-state index contributed by atoms with van der Waals surface area (Å²) in [6.45, 7) is 0.327. The molecule has 10 heteroatoms. The van der Waals surface area contributed by atoms with E-state index in [1.165, 1.54) is 23.5 Å². The number of benzene rings is 1. The number of halogens is 3. The molecule has 0 bridgehead atoms. The molecular weight excluding hydrogens is 421 g/mol. The lowest BCUT2D eigenvalue weighted by Crippen LogP contribution is -2.49. The van der Waals surface area contributed by atoms with Gasteiger partial charge in [0.25, 0.3) is 0 Å². The highest BCUT2D eigenvalue weighted by molar-refractivity contribution is 7.89. The fourth-order valence-electron chi connectivity index (χ4n) is 4.21. The Kier molecular flexibility index (Phi) is 6.96. The first-order valence-corrected chi connectivity index (χ1v) is 11.6. The number of hydrogen-bond acceptors (Lipinski definition) is 4. The first-order valence-electron chi connectivity index (χ1n) is 10.1. The standard InChI is InChI=1S/C20H27F3N2O4S/c1-29-17-7-9-18(10-8-17)30(27,28)25-11-3-4-14(13-25)19(26)24-16-6-2-5-15(12-16)20(21,22)23/h7-10,14-16H,2-6,11-13H2,1H3,(H,24,26). The Morgan fingerprint density at radius 2 is 1.83 bits per heavy atom. The van der Waals surface area contributed by atoms with Crippen LogP contribution in [0, 0.1) is 11.8 Å². The van der Waals surface area contributed by atoms with Crippen LogP contribution in [0.1, 0.15) is 38.5 Å². The second kappa shape index (κ2) is 9.13. The Balaban J connectivity index is 1.63. The Labute approximate surface area is 174 Å². The van der Waals surface area contributed by atoms with E-state index in [4.69, 9.17) is 4.74 Å². The van der Waals surface area contributed by atoms with E-state index in [-0.39, 0.29) is 30.2 Å². The minimum atomic E-state index is -4.25. The lowest BCUT2D eigenvalue weighted by atomic mass is 9.85. The lowest BCUT2D eigenvalue weighted by molar-refractivity contribution is -0.184. The zero-order valence-electron chi connectivity index (χ0n) is 16.8. The van der Waals surface area contributed by atoms with Gasteiger partial charge in [-0.15, -0.1) is 0 Å². The highest BCUT2D eigenvalue weighted by atomic mass is 32.2. The average molecular weight is 449 g/mol. The molecule has 1 N–H and O–H groups in total. The van der Waals surface area contributed by atoms with Gasteiger partial charge in [0.05, 0.1) is 23.8 Å². The number of ether oxygens (including phenoxy) is 1. The molecule has 0 radical (unpaired) electrons. The van der Waals surface area contributed by atoms with Crippen LogP contribution < -0.4 is 10.1 Å². The van der Waals surface area contributed by atoms with Gasteiger partial charge in [-0.05, 0) is 56.4 Å². The van der Waals surface area contributed by atoms with Gasteiger partial charge in [0, 0.05) is 19.1 Å². The van der Waals surface area contributed by atoms with Crippen molar-refractivity contribution in [3.63, 3.8) is 0 Å². The Bertz CT molecular complexity index is 843. The highest BCUT2D eigenvalue weighted by Crippen LogP contribution is 2.37. The number of piperidine rings is 1. The molecule has 168 valence electrons. The number of sulfonamides is 1. The van der Waals surface area contributed by atoms with E-state index in [9.17, 15) is 26.4 Å². The number of carbonyl (C=O) groups is 1. The van der Waals surface area contributed by atoms with Crippen LogP contribution in [0.4, 0.5) is 13.2 Å². The van der Waals surface area contributed by atoms with Gasteiger partial charge < -0.3 is 10.1 Å². The number of carbonyl (C=O) groups excluding carboxylic acids is 1. The number of methoxy groups -OCH3 is 1. The van der Waals surface area contributed by atoms with E-state index in [0.29, 0.717) is 38.0 Å². The van der Waals surface area contributed by atoms with E-state index in [1.54, 1.807) is 12.1 Å². The van der Waals surface area contributed by atoms with Crippen LogP contribution in [0.5, 0.6) is 5.75 Å². The molecule has 1 amide bonds. The molecule has 1 heterocycles. The van der Waals surface area contributed by atoms with Crippen molar-refractivity contribution in [3.05, 3.63) is 24.3 Å². The summed E-state index contributed by atoms with van der Waals surface area (Å²) in [5.74, 6) is -1.79. The van der Waals surface area contributed by atoms with Crippen LogP contribution in [0.3, 0.4) is 0 Å². The molecule has 1 aliphatic carbocycles. The fraction of sp³-hybridized carbons (Fsp3) is 0.650. The van der Waals surface area contributed by atoms with Crippen LogP contribution in [0.15, 0.2) is 29.2 Å². The van der Waals surface area contributed by atoms with Gasteiger partial charge in [0.1, 0.15) is 5.75 Å². The second-order valence-electron chi connectivity index (χ2n) is 7.99. The van der Waals surface area contributed by atoms with Crippen molar-refractivity contribution in [2.24, 2.45) is 11.8 Å². The lowest BCUT2D eigenvalue weighted by Gasteiger charge is -2.34. The molecule has 2 fully saturated rings. The summed E-state index contributed by atoms with van der Waals surface area (Å²) in [6, 6.07) is 5.50. The molecule has 2 aliphatic rings. The number of alkyl halides is 3. The topological polar surface area (TPSA) is 75.7 Å². The largest absolute Gasteiger partial charge is 0.497 e. The van der Waals surface area contributed by atoms with Gasteiger partial charge in [0.15, 0.2) is 0 Å². The molecule has 0 spiro atoms. The van der Waals surface area contributed by atoms with Crippen molar-refractivity contribution in [1.82, 2.24) is 9.62 Å². The van der Waals surface area contributed by atoms with Crippen molar-refractivity contribution in [3.8, 4) is 5.75 Å². The van der Waals surface area contributed by atoms with Gasteiger partial charge in [-0.25, -0.2) is 8.42 Å². The zero-order chi connectivity index (χ0) is 21.9. The molecule has 6 nitrogen and oxygen atoms in total. The maximum absolute atomic E-state index is 13.0. The van der Waals surface area contributed by atoms with Crippen LogP contribution in [0.2, 0.25) is 0 Å². The first kappa shape index (κ1) is 22.9. The molecule has 30 heavy (non-hydrogen) atoms. The molecule has 3 atom stereocenters. The molecule has 1 saturated heterocycles. The summed E-state index contributed by atoms with van der Waals surface area (Å²) in [6.07, 6.45) is -2.32. The summed E-state index contributed by atoms with van der Waals surface area (Å²) in [5, 5.41) is 2.74. The van der Waals surface area contributed by atoms with Gasteiger partial charge >= 0.3 is 6.18 Å². The monoisotopic (exact) mass is 448 g/mol. The molecule has 3 unspecified atom stereocenters. The molecule has 1 saturated carbocycles. The summed E-state index contributed by atoms with van der Waals surface area (Å²) in [7, 11) is -2.28. The highest BCUT2D eigenvalue weighted by Gasteiger charge is 2.43. The third-order valence-corrected chi connectivity index (χ3v) is 7.81. The summed E-state index contributed by atoms with van der Waals surface area (Å²) < 4.78 is 71.2. The normalized spacial score (nSPS) is 26.2. The maximum atomic E-state index is 13.0. The smallest absolute Gasteiger partial charge is 0.391 e. The first-order chi connectivity index (χ1) is 14.1. The maximum Gasteiger partial charge on any atom is 0.391 e. The predicted octanol–water partition coefficient (Wildman–Crippen LogP) is 3.33. The van der Waals surface area contributed by atoms with Crippen molar-refractivity contribution in [2.75, 3.05) is 20.2 Å². The fourth-order valence-corrected chi connectivity index (χ4v) is 5.73. The van der Waals surface area contributed by atoms with Gasteiger partial charge in [-0.3, -0.25) is 4.79 Å². The minimum absolute atomic E-state index is 0.0234. The third kappa shape index (κ3) is 5.26. The van der Waals surface area contributed by atoms with Crippen molar-refractivity contribution in [1.29, 1.82) is 0 Å². The number of nitrogens with zero attached hydrogens (tertiary/aromatic N) is 1. The minimum Gasteiger partial charge on any atom is -0.497 e. The van der Waals surface area contributed by atoms with E-state index >= 15 is 0 Å². The Morgan fingerprint density at radius 1 is 1.13 bits per heavy atom. The molecule has 1 aromatic carbocycles. The second-order valence-corrected chi connectivity index (χ2v) is 9.93. The van der Waals surface area contributed by atoms with Gasteiger partial charge in [0.2, 0.25) is 15.9 Å². The third-order valence-electron chi connectivity index (χ3n) is 5.94. The van der Waals surface area contributed by atoms with Crippen LogP contribution in [0.25, 0.3) is 0 Å². The number of nitrogens with one attached hydrogen (secondary N) is 1. The van der Waals surface area contributed by atoms with Crippen LogP contribution in [-0.4, -0.2) is 51.0 Å². The SMILES string of the molecule is COc1ccc(S(=O)(=O)N2CCCC(C(=O)NC3CCCC(C(F)(F)F)C3)C2)cc1. The van der Waals surface area contributed by atoms with Crippen molar-refractivity contribution >= 4 is 15.9 Å². The van der Waals surface area contributed by atoms with Gasteiger partial charge in [-0.1, -0.05) is 6.42 Å². The Morgan fingerprint density at radius 3 is 2.47 bits per heavy atom.